The molecule has 1 atom stereocenters. The molecular formula is C11H15ClN2O2. The number of carbonyl (C=O) groups excluding carboxylic acids is 1. The molecule has 0 saturated carbocycles. The Balaban J connectivity index is 2.43. The van der Waals surface area contributed by atoms with Gasteiger partial charge in [0.25, 0.3) is 0 Å². The lowest BCUT2D eigenvalue weighted by Crippen LogP contribution is -2.37. The van der Waals surface area contributed by atoms with Crippen molar-refractivity contribution in [3.05, 3.63) is 34.3 Å². The van der Waals surface area contributed by atoms with E-state index in [4.69, 9.17) is 22.4 Å². The summed E-state index contributed by atoms with van der Waals surface area (Å²) < 4.78 is 0. The number of aliphatic hydroxyl groups is 1. The summed E-state index contributed by atoms with van der Waals surface area (Å²) in [6.07, 6.45) is -1.15. The van der Waals surface area contributed by atoms with Crippen LogP contribution in [-0.4, -0.2) is 23.7 Å². The maximum atomic E-state index is 10.6. The summed E-state index contributed by atoms with van der Waals surface area (Å²) in [6, 6.07) is 5.70. The van der Waals surface area contributed by atoms with E-state index in [2.05, 4.69) is 5.32 Å². The first kappa shape index (κ1) is 13.0. The molecule has 0 aromatic heterocycles. The van der Waals surface area contributed by atoms with Crippen molar-refractivity contribution in [3.8, 4) is 0 Å². The first-order valence-electron chi connectivity index (χ1n) is 4.94. The number of carbonyl (C=O) groups is 1. The van der Waals surface area contributed by atoms with Gasteiger partial charge in [-0.1, -0.05) is 23.7 Å². The second kappa shape index (κ2) is 5.84. The standard InChI is InChI=1S/C11H15ClN2O2/c1-7-2-3-8(4-9(7)12)5-14-6-10(15)11(13)16/h2-4,10,14-15H,5-6H2,1H3,(H2,13,16). The number of aryl methyl sites for hydroxylation is 1. The van der Waals surface area contributed by atoms with E-state index in [1.54, 1.807) is 0 Å². The molecule has 0 saturated heterocycles. The third-order valence-electron chi connectivity index (χ3n) is 2.23. The largest absolute Gasteiger partial charge is 0.382 e. The number of benzene rings is 1. The molecule has 0 heterocycles. The lowest BCUT2D eigenvalue weighted by atomic mass is 10.1. The second-order valence-corrected chi connectivity index (χ2v) is 4.04. The summed E-state index contributed by atoms with van der Waals surface area (Å²) in [7, 11) is 0. The number of hydrogen-bond acceptors (Lipinski definition) is 3. The quantitative estimate of drug-likeness (QED) is 0.707. The van der Waals surface area contributed by atoms with E-state index in [9.17, 15) is 4.79 Å². The summed E-state index contributed by atoms with van der Waals surface area (Å²) in [5, 5.41) is 12.8. The molecule has 0 radical (unpaired) electrons. The fourth-order valence-electron chi connectivity index (χ4n) is 1.20. The Labute approximate surface area is 99.4 Å². The first-order chi connectivity index (χ1) is 7.50. The fraction of sp³-hybridized carbons (Fsp3) is 0.364. The molecule has 0 aliphatic heterocycles. The highest BCUT2D eigenvalue weighted by atomic mass is 35.5. The van der Waals surface area contributed by atoms with Crippen molar-refractivity contribution in [2.24, 2.45) is 5.73 Å². The Morgan fingerprint density at radius 2 is 2.31 bits per heavy atom. The summed E-state index contributed by atoms with van der Waals surface area (Å²) in [6.45, 7) is 2.60. The third kappa shape index (κ3) is 3.81. The number of halogens is 1. The van der Waals surface area contributed by atoms with Gasteiger partial charge in [0, 0.05) is 18.1 Å². The van der Waals surface area contributed by atoms with Crippen LogP contribution in [0.2, 0.25) is 5.02 Å². The molecule has 16 heavy (non-hydrogen) atoms. The molecule has 88 valence electrons. The molecule has 4 nitrogen and oxygen atoms in total. The number of hydrogen-bond donors (Lipinski definition) is 3. The van der Waals surface area contributed by atoms with Crippen molar-refractivity contribution in [2.45, 2.75) is 19.6 Å². The minimum Gasteiger partial charge on any atom is -0.382 e. The SMILES string of the molecule is Cc1ccc(CNCC(O)C(N)=O)cc1Cl. The zero-order valence-electron chi connectivity index (χ0n) is 9.03. The number of primary amides is 1. The van der Waals surface area contributed by atoms with E-state index in [0.717, 1.165) is 11.1 Å². The van der Waals surface area contributed by atoms with Crippen LogP contribution in [-0.2, 0) is 11.3 Å². The molecule has 1 aromatic carbocycles. The van der Waals surface area contributed by atoms with E-state index in [-0.39, 0.29) is 6.54 Å². The van der Waals surface area contributed by atoms with Gasteiger partial charge in [0.05, 0.1) is 0 Å². The highest BCUT2D eigenvalue weighted by molar-refractivity contribution is 6.31. The number of amides is 1. The van der Waals surface area contributed by atoms with Gasteiger partial charge in [-0.3, -0.25) is 4.79 Å². The van der Waals surface area contributed by atoms with Crippen molar-refractivity contribution in [1.29, 1.82) is 0 Å². The smallest absolute Gasteiger partial charge is 0.247 e. The van der Waals surface area contributed by atoms with Gasteiger partial charge in [-0.15, -0.1) is 0 Å². The number of nitrogens with one attached hydrogen (secondary N) is 1. The zero-order chi connectivity index (χ0) is 12.1. The first-order valence-corrected chi connectivity index (χ1v) is 5.31. The zero-order valence-corrected chi connectivity index (χ0v) is 9.79. The van der Waals surface area contributed by atoms with E-state index in [0.29, 0.717) is 11.6 Å². The predicted molar refractivity (Wildman–Crippen MR) is 63.1 cm³/mol. The topological polar surface area (TPSA) is 75.3 Å². The maximum absolute atomic E-state index is 10.6. The van der Waals surface area contributed by atoms with Crippen molar-refractivity contribution in [3.63, 3.8) is 0 Å². The lowest BCUT2D eigenvalue weighted by molar-refractivity contribution is -0.125. The van der Waals surface area contributed by atoms with Crippen LogP contribution < -0.4 is 11.1 Å². The van der Waals surface area contributed by atoms with Gasteiger partial charge in [0.1, 0.15) is 6.10 Å². The highest BCUT2D eigenvalue weighted by Gasteiger charge is 2.09. The molecular weight excluding hydrogens is 228 g/mol. The summed E-state index contributed by atoms with van der Waals surface area (Å²) in [5.74, 6) is -0.727. The maximum Gasteiger partial charge on any atom is 0.247 e. The average Bonchev–Trinajstić information content (AvgIpc) is 2.23. The van der Waals surface area contributed by atoms with Crippen LogP contribution in [0, 0.1) is 6.92 Å². The van der Waals surface area contributed by atoms with Crippen LogP contribution in [0.3, 0.4) is 0 Å². The Hall–Kier alpha value is -1.10. The normalized spacial score (nSPS) is 12.4. The highest BCUT2D eigenvalue weighted by Crippen LogP contribution is 2.16. The minimum absolute atomic E-state index is 0.140. The molecule has 0 aliphatic carbocycles. The molecule has 0 aliphatic rings. The molecule has 1 aromatic rings. The Morgan fingerprint density at radius 1 is 1.62 bits per heavy atom. The number of rotatable bonds is 5. The van der Waals surface area contributed by atoms with Crippen molar-refractivity contribution >= 4 is 17.5 Å². The summed E-state index contributed by atoms with van der Waals surface area (Å²) >= 11 is 5.95. The van der Waals surface area contributed by atoms with Gasteiger partial charge >= 0.3 is 0 Å². The van der Waals surface area contributed by atoms with E-state index in [1.165, 1.54) is 0 Å². The van der Waals surface area contributed by atoms with Crippen molar-refractivity contribution in [2.75, 3.05) is 6.54 Å². The Morgan fingerprint density at radius 3 is 2.88 bits per heavy atom. The third-order valence-corrected chi connectivity index (χ3v) is 2.64. The van der Waals surface area contributed by atoms with Gasteiger partial charge in [-0.2, -0.15) is 0 Å². The Kier molecular flexibility index (Phi) is 4.73. The summed E-state index contributed by atoms with van der Waals surface area (Å²) in [4.78, 5) is 10.6. The van der Waals surface area contributed by atoms with Gasteiger partial charge in [-0.25, -0.2) is 0 Å². The average molecular weight is 243 g/mol. The van der Waals surface area contributed by atoms with Crippen LogP contribution in [0.1, 0.15) is 11.1 Å². The van der Waals surface area contributed by atoms with Gasteiger partial charge in [0.2, 0.25) is 5.91 Å². The van der Waals surface area contributed by atoms with Crippen molar-refractivity contribution in [1.82, 2.24) is 5.32 Å². The monoisotopic (exact) mass is 242 g/mol. The number of aliphatic hydroxyl groups excluding tert-OH is 1. The van der Waals surface area contributed by atoms with Gasteiger partial charge < -0.3 is 16.2 Å². The molecule has 0 spiro atoms. The summed E-state index contributed by atoms with van der Waals surface area (Å²) in [5.41, 5.74) is 6.92. The second-order valence-electron chi connectivity index (χ2n) is 3.63. The van der Waals surface area contributed by atoms with E-state index >= 15 is 0 Å². The predicted octanol–water partition coefficient (Wildman–Crippen LogP) is 0.584. The molecule has 1 rings (SSSR count). The van der Waals surface area contributed by atoms with Gasteiger partial charge in [-0.05, 0) is 24.1 Å². The van der Waals surface area contributed by atoms with E-state index < -0.39 is 12.0 Å². The van der Waals surface area contributed by atoms with Gasteiger partial charge in [0.15, 0.2) is 0 Å². The fourth-order valence-corrected chi connectivity index (χ4v) is 1.40. The molecule has 0 bridgehead atoms. The van der Waals surface area contributed by atoms with Crippen LogP contribution >= 0.6 is 11.6 Å². The van der Waals surface area contributed by atoms with Crippen molar-refractivity contribution < 1.29 is 9.90 Å². The molecule has 1 amide bonds. The Bertz CT molecular complexity index is 382. The molecule has 0 fully saturated rings. The minimum atomic E-state index is -1.15. The van der Waals surface area contributed by atoms with Crippen LogP contribution in [0.4, 0.5) is 0 Å². The molecule has 4 N–H and O–H groups in total. The number of nitrogens with two attached hydrogens (primary N) is 1. The van der Waals surface area contributed by atoms with Crippen LogP contribution in [0.5, 0.6) is 0 Å². The molecule has 5 heteroatoms. The van der Waals surface area contributed by atoms with Crippen LogP contribution in [0.25, 0.3) is 0 Å². The van der Waals surface area contributed by atoms with Crippen LogP contribution in [0.15, 0.2) is 18.2 Å². The molecule has 1 unspecified atom stereocenters. The lowest BCUT2D eigenvalue weighted by Gasteiger charge is -2.09. The van der Waals surface area contributed by atoms with E-state index in [1.807, 2.05) is 25.1 Å².